The van der Waals surface area contributed by atoms with E-state index in [2.05, 4.69) is 21.2 Å². The Morgan fingerprint density at radius 1 is 1.36 bits per heavy atom. The molecule has 1 aromatic carbocycles. The van der Waals surface area contributed by atoms with Gasteiger partial charge in [0.25, 0.3) is 5.91 Å². The third kappa shape index (κ3) is 3.59. The zero-order valence-corrected chi connectivity index (χ0v) is 14.1. The number of benzene rings is 1. The number of carbonyl (C=O) groups excluding carboxylic acids is 2. The highest BCUT2D eigenvalue weighted by Gasteiger charge is 2.46. The van der Waals surface area contributed by atoms with Crippen molar-refractivity contribution in [2.24, 2.45) is 0 Å². The highest BCUT2D eigenvalue weighted by atomic mass is 79.9. The number of imide groups is 1. The predicted molar refractivity (Wildman–Crippen MR) is 84.6 cm³/mol. The Hall–Kier alpha value is -1.60. The third-order valence-corrected chi connectivity index (χ3v) is 4.23. The lowest BCUT2D eigenvalue weighted by Crippen LogP contribution is -2.44. The molecule has 0 spiro atoms. The molecule has 0 unspecified atom stereocenters. The van der Waals surface area contributed by atoms with E-state index < -0.39 is 17.7 Å². The fourth-order valence-electron chi connectivity index (χ4n) is 2.14. The molecule has 3 amide bonds. The summed E-state index contributed by atoms with van der Waals surface area (Å²) in [5.41, 5.74) is -0.886. The Labute approximate surface area is 137 Å². The molecule has 22 heavy (non-hydrogen) atoms. The van der Waals surface area contributed by atoms with Gasteiger partial charge in [-0.1, -0.05) is 22.9 Å². The van der Waals surface area contributed by atoms with Crippen LogP contribution in [0.15, 0.2) is 28.7 Å². The number of urea groups is 1. The average molecular weight is 371 g/mol. The van der Waals surface area contributed by atoms with Gasteiger partial charge in [0.05, 0.1) is 6.54 Å². The molecule has 1 heterocycles. The Morgan fingerprint density at radius 2 is 2.00 bits per heavy atom. The summed E-state index contributed by atoms with van der Waals surface area (Å²) in [6.45, 7) is 3.42. The van der Waals surface area contributed by atoms with Crippen LogP contribution in [0.2, 0.25) is 0 Å². The normalized spacial score (nSPS) is 22.6. The van der Waals surface area contributed by atoms with Crippen LogP contribution < -0.4 is 10.1 Å². The van der Waals surface area contributed by atoms with Gasteiger partial charge in [-0.2, -0.15) is 0 Å². The first-order chi connectivity index (χ1) is 10.4. The molecule has 0 saturated carbocycles. The fourth-order valence-corrected chi connectivity index (χ4v) is 2.40. The van der Waals surface area contributed by atoms with Gasteiger partial charge in [-0.3, -0.25) is 9.69 Å². The van der Waals surface area contributed by atoms with Crippen molar-refractivity contribution in [2.45, 2.75) is 31.9 Å². The maximum Gasteiger partial charge on any atom is 0.325 e. The number of aliphatic hydroxyl groups excluding tert-OH is 1. The molecule has 120 valence electrons. The van der Waals surface area contributed by atoms with Crippen molar-refractivity contribution in [3.8, 4) is 5.75 Å². The van der Waals surface area contributed by atoms with Crippen molar-refractivity contribution in [2.75, 3.05) is 13.2 Å². The van der Waals surface area contributed by atoms with Gasteiger partial charge in [-0.15, -0.1) is 0 Å². The second kappa shape index (κ2) is 6.66. The van der Waals surface area contributed by atoms with Gasteiger partial charge >= 0.3 is 6.03 Å². The van der Waals surface area contributed by atoms with Crippen molar-refractivity contribution in [3.05, 3.63) is 28.7 Å². The molecule has 1 fully saturated rings. The zero-order valence-electron chi connectivity index (χ0n) is 12.5. The van der Waals surface area contributed by atoms with Crippen LogP contribution in [0.5, 0.6) is 5.75 Å². The van der Waals surface area contributed by atoms with E-state index in [1.165, 1.54) is 0 Å². The molecule has 1 aliphatic heterocycles. The van der Waals surface area contributed by atoms with E-state index in [9.17, 15) is 14.7 Å². The number of β-amino-alcohol motifs (C(OH)–C–C–N with tert-alkyl or cyclic N) is 1. The van der Waals surface area contributed by atoms with Crippen molar-refractivity contribution < 1.29 is 19.4 Å². The highest BCUT2D eigenvalue weighted by Crippen LogP contribution is 2.21. The second-order valence-electron chi connectivity index (χ2n) is 5.45. The van der Waals surface area contributed by atoms with Gasteiger partial charge in [0.2, 0.25) is 0 Å². The van der Waals surface area contributed by atoms with Gasteiger partial charge in [-0.05, 0) is 37.6 Å². The Morgan fingerprint density at radius 3 is 2.55 bits per heavy atom. The zero-order chi connectivity index (χ0) is 16.3. The number of ether oxygens (including phenoxy) is 1. The van der Waals surface area contributed by atoms with Gasteiger partial charge in [0.1, 0.15) is 24.0 Å². The molecule has 0 radical (unpaired) electrons. The van der Waals surface area contributed by atoms with Gasteiger partial charge in [0, 0.05) is 4.47 Å². The van der Waals surface area contributed by atoms with Crippen LogP contribution in [0.1, 0.15) is 20.3 Å². The topological polar surface area (TPSA) is 78.9 Å². The lowest BCUT2D eigenvalue weighted by atomic mass is 9.99. The van der Waals surface area contributed by atoms with Gasteiger partial charge in [-0.25, -0.2) is 4.79 Å². The number of rotatable bonds is 6. The van der Waals surface area contributed by atoms with E-state index in [0.717, 1.165) is 9.37 Å². The van der Waals surface area contributed by atoms with Crippen LogP contribution in [0.25, 0.3) is 0 Å². The minimum Gasteiger partial charge on any atom is -0.491 e. The Balaban J connectivity index is 1.89. The molecule has 0 aromatic heterocycles. The lowest BCUT2D eigenvalue weighted by molar-refractivity contribution is -0.132. The minimum atomic E-state index is -0.947. The molecule has 0 aliphatic carbocycles. The molecule has 1 aromatic rings. The second-order valence-corrected chi connectivity index (χ2v) is 6.37. The van der Waals surface area contributed by atoms with Crippen molar-refractivity contribution >= 4 is 27.9 Å². The van der Waals surface area contributed by atoms with E-state index in [0.29, 0.717) is 12.2 Å². The molecule has 6 nitrogen and oxygen atoms in total. The summed E-state index contributed by atoms with van der Waals surface area (Å²) in [4.78, 5) is 25.1. The molecular weight excluding hydrogens is 352 g/mol. The number of nitrogens with zero attached hydrogens (tertiary/aromatic N) is 1. The van der Waals surface area contributed by atoms with Crippen molar-refractivity contribution in [1.82, 2.24) is 10.2 Å². The summed E-state index contributed by atoms with van der Waals surface area (Å²) in [6, 6.07) is 6.70. The number of carbonyl (C=O) groups is 2. The summed E-state index contributed by atoms with van der Waals surface area (Å²) in [5, 5.41) is 12.6. The van der Waals surface area contributed by atoms with Crippen LogP contribution in [0.3, 0.4) is 0 Å². The largest absolute Gasteiger partial charge is 0.491 e. The summed E-state index contributed by atoms with van der Waals surface area (Å²) < 4.78 is 6.37. The summed E-state index contributed by atoms with van der Waals surface area (Å²) in [5.74, 6) is 0.292. The van der Waals surface area contributed by atoms with Crippen LogP contribution in [0.4, 0.5) is 4.79 Å². The molecule has 7 heteroatoms. The average Bonchev–Trinajstić information content (AvgIpc) is 2.71. The molecule has 0 bridgehead atoms. The molecular formula is C15H19BrN2O4. The number of aliphatic hydroxyl groups is 1. The van der Waals surface area contributed by atoms with Gasteiger partial charge in [0.15, 0.2) is 0 Å². The van der Waals surface area contributed by atoms with E-state index in [1.54, 1.807) is 19.1 Å². The van der Waals surface area contributed by atoms with Crippen molar-refractivity contribution in [3.63, 3.8) is 0 Å². The number of hydrogen-bond acceptors (Lipinski definition) is 4. The SMILES string of the molecule is CC[C@]1(C)NC(=O)N(C[C@H](O)COc2ccc(Br)cc2)C1=O. The first-order valence-electron chi connectivity index (χ1n) is 7.06. The number of amides is 3. The first-order valence-corrected chi connectivity index (χ1v) is 7.85. The summed E-state index contributed by atoms with van der Waals surface area (Å²) in [6.07, 6.45) is -0.447. The molecule has 2 atom stereocenters. The lowest BCUT2D eigenvalue weighted by Gasteiger charge is -2.21. The van der Waals surface area contributed by atoms with Crippen LogP contribution in [-0.4, -0.2) is 46.7 Å². The first kappa shape index (κ1) is 16.8. The Kier molecular flexibility index (Phi) is 5.08. The standard InChI is InChI=1S/C15H19BrN2O4/c1-3-15(2)13(20)18(14(21)17-15)8-11(19)9-22-12-6-4-10(16)5-7-12/h4-7,11,19H,3,8-9H2,1-2H3,(H,17,21)/t11-,15-/m0/s1. The van der Waals surface area contributed by atoms with E-state index in [1.807, 2.05) is 19.1 Å². The molecule has 1 saturated heterocycles. The number of hydrogen-bond donors (Lipinski definition) is 2. The van der Waals surface area contributed by atoms with Crippen LogP contribution >= 0.6 is 15.9 Å². The maximum absolute atomic E-state index is 12.2. The highest BCUT2D eigenvalue weighted by molar-refractivity contribution is 9.10. The van der Waals surface area contributed by atoms with Crippen LogP contribution in [-0.2, 0) is 4.79 Å². The van der Waals surface area contributed by atoms with E-state index in [-0.39, 0.29) is 19.1 Å². The molecule has 1 aliphatic rings. The number of nitrogens with one attached hydrogen (secondary N) is 1. The van der Waals surface area contributed by atoms with Crippen molar-refractivity contribution in [1.29, 1.82) is 0 Å². The smallest absolute Gasteiger partial charge is 0.325 e. The monoisotopic (exact) mass is 370 g/mol. The summed E-state index contributed by atoms with van der Waals surface area (Å²) in [7, 11) is 0. The van der Waals surface area contributed by atoms with E-state index >= 15 is 0 Å². The summed E-state index contributed by atoms with van der Waals surface area (Å²) >= 11 is 3.32. The molecule has 2 N–H and O–H groups in total. The number of halogens is 1. The Bertz CT molecular complexity index is 563. The maximum atomic E-state index is 12.2. The van der Waals surface area contributed by atoms with Crippen LogP contribution in [0, 0.1) is 0 Å². The quantitative estimate of drug-likeness (QED) is 0.749. The van der Waals surface area contributed by atoms with Gasteiger partial charge < -0.3 is 15.2 Å². The fraction of sp³-hybridized carbons (Fsp3) is 0.467. The predicted octanol–water partition coefficient (Wildman–Crippen LogP) is 1.91. The van der Waals surface area contributed by atoms with E-state index in [4.69, 9.17) is 4.74 Å². The minimum absolute atomic E-state index is 0.00152. The molecule has 2 rings (SSSR count). The third-order valence-electron chi connectivity index (χ3n) is 3.70.